The van der Waals surface area contributed by atoms with Crippen molar-refractivity contribution < 1.29 is 13.9 Å². The van der Waals surface area contributed by atoms with E-state index in [1.807, 2.05) is 0 Å². The lowest BCUT2D eigenvalue weighted by Crippen LogP contribution is -2.17. The number of hydrogen-bond acceptors (Lipinski definition) is 2. The van der Waals surface area contributed by atoms with E-state index in [1.54, 1.807) is 0 Å². The maximum atomic E-state index is 12.5. The van der Waals surface area contributed by atoms with Gasteiger partial charge in [0.2, 0.25) is 0 Å². The van der Waals surface area contributed by atoms with Crippen LogP contribution in [0, 0.1) is 0 Å². The van der Waals surface area contributed by atoms with Crippen LogP contribution in [0.3, 0.4) is 0 Å². The van der Waals surface area contributed by atoms with Crippen molar-refractivity contribution in [1.29, 1.82) is 0 Å². The minimum atomic E-state index is -0.921. The zero-order valence-electron chi connectivity index (χ0n) is 5.05. The first-order valence-corrected chi connectivity index (χ1v) is 3.08. The molecule has 0 radical (unpaired) electrons. The first kappa shape index (κ1) is 6.52. The van der Waals surface area contributed by atoms with Crippen LogP contribution in [0.5, 0.6) is 0 Å². The average Bonchev–Trinajstić information content (AvgIpc) is 2.18. The Hall–Kier alpha value is -0.600. The molecule has 0 N–H and O–H groups in total. The summed E-state index contributed by atoms with van der Waals surface area (Å²) in [6, 6.07) is 0. The van der Waals surface area contributed by atoms with Crippen LogP contribution in [0.25, 0.3) is 0 Å². The van der Waals surface area contributed by atoms with Gasteiger partial charge in [0.25, 0.3) is 6.47 Å². The van der Waals surface area contributed by atoms with Gasteiger partial charge in [0.1, 0.15) is 12.3 Å². The smallest absolute Gasteiger partial charge is 0.293 e. The van der Waals surface area contributed by atoms with E-state index in [2.05, 4.69) is 4.74 Å². The Balaban J connectivity index is 2.30. The molecule has 1 saturated carbocycles. The molecule has 1 fully saturated rings. The van der Waals surface area contributed by atoms with Gasteiger partial charge in [-0.2, -0.15) is 0 Å². The third kappa shape index (κ3) is 1.40. The number of alkyl halides is 1. The van der Waals surface area contributed by atoms with E-state index in [0.29, 0.717) is 19.3 Å². The summed E-state index contributed by atoms with van der Waals surface area (Å²) in [5, 5.41) is 0. The van der Waals surface area contributed by atoms with E-state index in [-0.39, 0.29) is 0 Å². The van der Waals surface area contributed by atoms with Gasteiger partial charge in [-0.1, -0.05) is 0 Å². The molecule has 0 aliphatic heterocycles. The second-order valence-corrected chi connectivity index (χ2v) is 2.22. The summed E-state index contributed by atoms with van der Waals surface area (Å²) >= 11 is 0. The molecule has 3 heteroatoms. The Morgan fingerprint density at radius 2 is 2.33 bits per heavy atom. The summed E-state index contributed by atoms with van der Waals surface area (Å²) in [4.78, 5) is 9.72. The summed E-state index contributed by atoms with van der Waals surface area (Å²) in [7, 11) is 0. The van der Waals surface area contributed by atoms with Crippen LogP contribution in [-0.2, 0) is 9.53 Å². The van der Waals surface area contributed by atoms with E-state index in [0.717, 1.165) is 6.42 Å². The molecule has 52 valence electrons. The molecule has 1 aliphatic rings. The fraction of sp³-hybridized carbons (Fsp3) is 0.833. The van der Waals surface area contributed by atoms with Gasteiger partial charge in [-0.15, -0.1) is 0 Å². The van der Waals surface area contributed by atoms with Gasteiger partial charge in [-0.3, -0.25) is 4.79 Å². The van der Waals surface area contributed by atoms with Crippen LogP contribution in [0.4, 0.5) is 4.39 Å². The maximum Gasteiger partial charge on any atom is 0.293 e. The highest BCUT2D eigenvalue weighted by molar-refractivity contribution is 5.37. The largest absolute Gasteiger partial charge is 0.461 e. The standard InChI is InChI=1S/C6H9FO2/c7-5-2-1-3-6(5)9-4-8/h4-6H,1-3H2. The molecule has 2 nitrogen and oxygen atoms in total. The highest BCUT2D eigenvalue weighted by Crippen LogP contribution is 2.23. The molecular formula is C6H9FO2. The van der Waals surface area contributed by atoms with Crippen molar-refractivity contribution in [3.05, 3.63) is 0 Å². The van der Waals surface area contributed by atoms with Gasteiger partial charge in [0.15, 0.2) is 0 Å². The van der Waals surface area contributed by atoms with Crippen LogP contribution < -0.4 is 0 Å². The lowest BCUT2D eigenvalue weighted by Gasteiger charge is -2.08. The molecule has 2 unspecified atom stereocenters. The number of carbonyl (C=O) groups excluding carboxylic acids is 1. The molecule has 0 aromatic rings. The third-order valence-electron chi connectivity index (χ3n) is 1.60. The number of carbonyl (C=O) groups is 1. The van der Waals surface area contributed by atoms with E-state index < -0.39 is 12.3 Å². The molecule has 0 amide bonds. The zero-order chi connectivity index (χ0) is 6.69. The Bertz CT molecular complexity index is 105. The predicted octanol–water partition coefficient (Wildman–Crippen LogP) is 1.05. The van der Waals surface area contributed by atoms with Gasteiger partial charge < -0.3 is 4.74 Å². The van der Waals surface area contributed by atoms with Crippen molar-refractivity contribution in [1.82, 2.24) is 0 Å². The summed E-state index contributed by atoms with van der Waals surface area (Å²) in [5.74, 6) is 0. The molecule has 0 aromatic heterocycles. The molecule has 0 spiro atoms. The van der Waals surface area contributed by atoms with E-state index >= 15 is 0 Å². The van der Waals surface area contributed by atoms with Crippen LogP contribution in [0.2, 0.25) is 0 Å². The summed E-state index contributed by atoms with van der Waals surface area (Å²) in [5.41, 5.74) is 0. The Morgan fingerprint density at radius 1 is 1.56 bits per heavy atom. The van der Waals surface area contributed by atoms with Gasteiger partial charge in [-0.05, 0) is 19.3 Å². The Morgan fingerprint density at radius 3 is 2.78 bits per heavy atom. The lowest BCUT2D eigenvalue weighted by molar-refractivity contribution is -0.135. The van der Waals surface area contributed by atoms with Crippen molar-refractivity contribution in [3.8, 4) is 0 Å². The van der Waals surface area contributed by atoms with Crippen molar-refractivity contribution in [2.24, 2.45) is 0 Å². The zero-order valence-corrected chi connectivity index (χ0v) is 5.05. The second kappa shape index (κ2) is 2.80. The quantitative estimate of drug-likeness (QED) is 0.525. The molecular weight excluding hydrogens is 123 g/mol. The minimum absolute atomic E-state index is 0.322. The summed E-state index contributed by atoms with van der Waals surface area (Å²) in [6.07, 6.45) is 0.677. The minimum Gasteiger partial charge on any atom is -0.461 e. The van der Waals surface area contributed by atoms with Crippen molar-refractivity contribution in [2.45, 2.75) is 31.5 Å². The van der Waals surface area contributed by atoms with Gasteiger partial charge in [0, 0.05) is 0 Å². The van der Waals surface area contributed by atoms with E-state index in [4.69, 9.17) is 0 Å². The van der Waals surface area contributed by atoms with Crippen molar-refractivity contribution in [3.63, 3.8) is 0 Å². The molecule has 0 bridgehead atoms. The fourth-order valence-corrected chi connectivity index (χ4v) is 1.11. The Labute approximate surface area is 53.0 Å². The van der Waals surface area contributed by atoms with Crippen LogP contribution in [-0.4, -0.2) is 18.7 Å². The molecule has 1 aliphatic carbocycles. The van der Waals surface area contributed by atoms with Crippen molar-refractivity contribution in [2.75, 3.05) is 0 Å². The van der Waals surface area contributed by atoms with Gasteiger partial charge in [-0.25, -0.2) is 4.39 Å². The number of hydrogen-bond donors (Lipinski definition) is 0. The molecule has 0 saturated heterocycles. The van der Waals surface area contributed by atoms with Crippen LogP contribution in [0.15, 0.2) is 0 Å². The second-order valence-electron chi connectivity index (χ2n) is 2.22. The molecule has 2 atom stereocenters. The summed E-state index contributed by atoms with van der Waals surface area (Å²) < 4.78 is 17.0. The maximum absolute atomic E-state index is 12.5. The average molecular weight is 132 g/mol. The Kier molecular flexibility index (Phi) is 2.03. The highest BCUT2D eigenvalue weighted by Gasteiger charge is 2.27. The first-order chi connectivity index (χ1) is 4.34. The van der Waals surface area contributed by atoms with Gasteiger partial charge in [0.05, 0.1) is 0 Å². The predicted molar refractivity (Wildman–Crippen MR) is 29.7 cm³/mol. The van der Waals surface area contributed by atoms with E-state index in [1.165, 1.54) is 0 Å². The summed E-state index contributed by atoms with van der Waals surface area (Å²) in [6.45, 7) is 0.322. The lowest BCUT2D eigenvalue weighted by atomic mass is 10.3. The SMILES string of the molecule is O=COC1CCCC1F. The molecule has 0 aromatic carbocycles. The highest BCUT2D eigenvalue weighted by atomic mass is 19.1. The third-order valence-corrected chi connectivity index (χ3v) is 1.60. The normalized spacial score (nSPS) is 34.3. The fourth-order valence-electron chi connectivity index (χ4n) is 1.11. The number of rotatable bonds is 2. The molecule has 0 heterocycles. The topological polar surface area (TPSA) is 26.3 Å². The number of ether oxygens (including phenoxy) is 1. The van der Waals surface area contributed by atoms with Crippen LogP contribution in [0.1, 0.15) is 19.3 Å². The van der Waals surface area contributed by atoms with E-state index in [9.17, 15) is 9.18 Å². The molecule has 1 rings (SSSR count). The monoisotopic (exact) mass is 132 g/mol. The van der Waals surface area contributed by atoms with Gasteiger partial charge >= 0.3 is 0 Å². The number of halogens is 1. The van der Waals surface area contributed by atoms with Crippen LogP contribution >= 0.6 is 0 Å². The van der Waals surface area contributed by atoms with Crippen molar-refractivity contribution >= 4 is 6.47 Å². The molecule has 9 heavy (non-hydrogen) atoms. The first-order valence-electron chi connectivity index (χ1n) is 3.08.